The zero-order valence-corrected chi connectivity index (χ0v) is 20.8. The number of hydrogen-bond acceptors (Lipinski definition) is 6. The van der Waals surface area contributed by atoms with Crippen LogP contribution in [0.1, 0.15) is 16.7 Å². The molecule has 1 N–H and O–H groups in total. The van der Waals surface area contributed by atoms with E-state index in [0.717, 1.165) is 28.6 Å². The van der Waals surface area contributed by atoms with Crippen LogP contribution in [0, 0.1) is 0 Å². The maximum absolute atomic E-state index is 12.9. The lowest BCUT2D eigenvalue weighted by atomic mass is 10.00. The second-order valence-corrected chi connectivity index (χ2v) is 9.85. The number of imide groups is 1. The monoisotopic (exact) mass is 564 g/mol. The minimum absolute atomic E-state index is 0.140. The Bertz CT molecular complexity index is 1210. The standard InChI is InChI=1S/C23H18BrClN2O6S/c24-16-7-13(8-17(25)21(16)33-12-20(29)30)9-18-22(31)27(23(32)34-18)11-19(28)26-6-5-14-3-1-2-4-15(14)10-26/h1-4,7-9H,5-6,10-12H2,(H,29,30)/b18-9-. The number of carboxylic acids is 1. The third-order valence-electron chi connectivity index (χ3n) is 5.31. The van der Waals surface area contributed by atoms with Crippen molar-refractivity contribution in [1.29, 1.82) is 0 Å². The molecule has 2 aliphatic rings. The van der Waals surface area contributed by atoms with E-state index in [1.54, 1.807) is 11.0 Å². The molecular formula is C23H18BrClN2O6S. The summed E-state index contributed by atoms with van der Waals surface area (Å²) in [6.07, 6.45) is 2.22. The number of thioether (sulfide) groups is 1. The van der Waals surface area contributed by atoms with Gasteiger partial charge in [0.15, 0.2) is 12.4 Å². The Kier molecular flexibility index (Phi) is 7.30. The molecule has 4 rings (SSSR count). The van der Waals surface area contributed by atoms with Crippen LogP contribution < -0.4 is 4.74 Å². The van der Waals surface area contributed by atoms with Crippen molar-refractivity contribution in [3.8, 4) is 5.75 Å². The molecule has 11 heteroatoms. The minimum atomic E-state index is -1.15. The van der Waals surface area contributed by atoms with E-state index in [9.17, 15) is 19.2 Å². The Morgan fingerprint density at radius 2 is 1.94 bits per heavy atom. The van der Waals surface area contributed by atoms with E-state index < -0.39 is 23.7 Å². The van der Waals surface area contributed by atoms with Gasteiger partial charge in [0.2, 0.25) is 5.91 Å². The van der Waals surface area contributed by atoms with Gasteiger partial charge in [-0.1, -0.05) is 35.9 Å². The summed E-state index contributed by atoms with van der Waals surface area (Å²) in [7, 11) is 0. The van der Waals surface area contributed by atoms with Gasteiger partial charge in [-0.2, -0.15) is 0 Å². The molecule has 8 nitrogen and oxygen atoms in total. The topological polar surface area (TPSA) is 104 Å². The highest BCUT2D eigenvalue weighted by molar-refractivity contribution is 9.10. The zero-order chi connectivity index (χ0) is 24.4. The Hall–Kier alpha value is -2.82. The number of benzene rings is 2. The fourth-order valence-corrected chi connectivity index (χ4v) is 5.49. The number of rotatable bonds is 6. The van der Waals surface area contributed by atoms with E-state index in [1.165, 1.54) is 17.7 Å². The second kappa shape index (κ2) is 10.2. The smallest absolute Gasteiger partial charge is 0.341 e. The maximum atomic E-state index is 12.9. The van der Waals surface area contributed by atoms with Gasteiger partial charge >= 0.3 is 5.97 Å². The number of ether oxygens (including phenoxy) is 1. The number of fused-ring (bicyclic) bond motifs is 1. The quantitative estimate of drug-likeness (QED) is 0.524. The van der Waals surface area contributed by atoms with Crippen LogP contribution in [0.2, 0.25) is 5.02 Å². The number of aliphatic carboxylic acids is 1. The van der Waals surface area contributed by atoms with E-state index in [2.05, 4.69) is 15.9 Å². The van der Waals surface area contributed by atoms with Gasteiger partial charge in [-0.15, -0.1) is 0 Å². The lowest BCUT2D eigenvalue weighted by Gasteiger charge is -2.29. The zero-order valence-electron chi connectivity index (χ0n) is 17.6. The summed E-state index contributed by atoms with van der Waals surface area (Å²) in [6, 6.07) is 11.0. The average molecular weight is 566 g/mol. The van der Waals surface area contributed by atoms with Gasteiger partial charge in [-0.3, -0.25) is 19.3 Å². The van der Waals surface area contributed by atoms with Gasteiger partial charge in [0.25, 0.3) is 11.1 Å². The lowest BCUT2D eigenvalue weighted by molar-refractivity contribution is -0.139. The SMILES string of the molecule is O=C(O)COc1c(Cl)cc(/C=C2\SC(=O)N(CC(=O)N3CCc4ccccc4C3)C2=O)cc1Br. The number of halogens is 2. The van der Waals surface area contributed by atoms with Gasteiger partial charge in [0.1, 0.15) is 6.54 Å². The van der Waals surface area contributed by atoms with Crippen molar-refractivity contribution >= 4 is 68.4 Å². The Morgan fingerprint density at radius 1 is 1.21 bits per heavy atom. The molecule has 0 radical (unpaired) electrons. The molecule has 0 bridgehead atoms. The van der Waals surface area contributed by atoms with Gasteiger partial charge < -0.3 is 14.7 Å². The molecular weight excluding hydrogens is 548 g/mol. The Morgan fingerprint density at radius 3 is 2.65 bits per heavy atom. The molecule has 2 heterocycles. The van der Waals surface area contributed by atoms with Crippen LogP contribution in [-0.2, 0) is 27.3 Å². The van der Waals surface area contributed by atoms with Gasteiger partial charge in [0.05, 0.1) is 14.4 Å². The molecule has 3 amide bonds. The van der Waals surface area contributed by atoms with E-state index >= 15 is 0 Å². The molecule has 1 fully saturated rings. The lowest BCUT2D eigenvalue weighted by Crippen LogP contribution is -2.44. The maximum Gasteiger partial charge on any atom is 0.341 e. The normalized spacial score (nSPS) is 16.7. The fourth-order valence-electron chi connectivity index (χ4n) is 3.67. The summed E-state index contributed by atoms with van der Waals surface area (Å²) in [6.45, 7) is 0.0956. The summed E-state index contributed by atoms with van der Waals surface area (Å²) in [5, 5.41) is 8.39. The number of carbonyl (C=O) groups is 4. The van der Waals surface area contributed by atoms with Crippen molar-refractivity contribution in [3.05, 3.63) is 67.5 Å². The summed E-state index contributed by atoms with van der Waals surface area (Å²) >= 11 is 10.2. The largest absolute Gasteiger partial charge is 0.479 e. The van der Waals surface area contributed by atoms with Gasteiger partial charge in [-0.05, 0) is 69.0 Å². The Labute approximate surface area is 212 Å². The van der Waals surface area contributed by atoms with Crippen LogP contribution in [0.5, 0.6) is 5.75 Å². The fraction of sp³-hybridized carbons (Fsp3) is 0.217. The number of carbonyl (C=O) groups excluding carboxylic acids is 3. The van der Waals surface area contributed by atoms with Crippen LogP contribution in [0.25, 0.3) is 6.08 Å². The predicted octanol–water partition coefficient (Wildman–Crippen LogP) is 4.19. The van der Waals surface area contributed by atoms with Gasteiger partial charge in [0, 0.05) is 13.1 Å². The molecule has 0 atom stereocenters. The molecule has 34 heavy (non-hydrogen) atoms. The van der Waals surface area contributed by atoms with Crippen molar-refractivity contribution in [2.24, 2.45) is 0 Å². The van der Waals surface area contributed by atoms with E-state index in [4.69, 9.17) is 21.4 Å². The predicted molar refractivity (Wildman–Crippen MR) is 131 cm³/mol. The van der Waals surface area contributed by atoms with Crippen LogP contribution in [0.4, 0.5) is 4.79 Å². The number of amides is 3. The first-order valence-corrected chi connectivity index (χ1v) is 12.1. The molecule has 0 aliphatic carbocycles. The summed E-state index contributed by atoms with van der Waals surface area (Å²) in [4.78, 5) is 51.7. The first kappa shape index (κ1) is 24.3. The van der Waals surface area contributed by atoms with E-state index in [1.807, 2.05) is 24.3 Å². The first-order valence-electron chi connectivity index (χ1n) is 10.2. The number of hydrogen-bond donors (Lipinski definition) is 1. The third-order valence-corrected chi connectivity index (χ3v) is 7.09. The van der Waals surface area contributed by atoms with Crippen molar-refractivity contribution in [2.75, 3.05) is 19.7 Å². The highest BCUT2D eigenvalue weighted by Gasteiger charge is 2.37. The third kappa shape index (κ3) is 5.29. The second-order valence-electron chi connectivity index (χ2n) is 7.60. The first-order chi connectivity index (χ1) is 16.2. The number of carboxylic acid groups (broad SMARTS) is 1. The molecule has 1 saturated heterocycles. The molecule has 0 saturated carbocycles. The van der Waals surface area contributed by atoms with E-state index in [0.29, 0.717) is 23.1 Å². The molecule has 0 unspecified atom stereocenters. The van der Waals surface area contributed by atoms with Crippen LogP contribution in [0.15, 0.2) is 45.8 Å². The van der Waals surface area contributed by atoms with Crippen LogP contribution in [0.3, 0.4) is 0 Å². The summed E-state index contributed by atoms with van der Waals surface area (Å²) < 4.78 is 5.55. The minimum Gasteiger partial charge on any atom is -0.479 e. The molecule has 2 aromatic carbocycles. The van der Waals surface area contributed by atoms with Crippen molar-refractivity contribution in [2.45, 2.75) is 13.0 Å². The Balaban J connectivity index is 1.45. The average Bonchev–Trinajstić information content (AvgIpc) is 3.05. The highest BCUT2D eigenvalue weighted by atomic mass is 79.9. The van der Waals surface area contributed by atoms with Gasteiger partial charge in [-0.25, -0.2) is 4.79 Å². The highest BCUT2D eigenvalue weighted by Crippen LogP contribution is 2.37. The van der Waals surface area contributed by atoms with Crippen molar-refractivity contribution < 1.29 is 29.0 Å². The number of nitrogens with zero attached hydrogens (tertiary/aromatic N) is 2. The van der Waals surface area contributed by atoms with Crippen LogP contribution >= 0.6 is 39.3 Å². The summed E-state index contributed by atoms with van der Waals surface area (Å²) in [5.74, 6) is -1.84. The van der Waals surface area contributed by atoms with Crippen LogP contribution in [-0.4, -0.2) is 57.6 Å². The molecule has 2 aliphatic heterocycles. The molecule has 0 aromatic heterocycles. The van der Waals surface area contributed by atoms with Crippen molar-refractivity contribution in [3.63, 3.8) is 0 Å². The molecule has 0 spiro atoms. The van der Waals surface area contributed by atoms with E-state index in [-0.39, 0.29) is 28.1 Å². The molecule has 176 valence electrons. The van der Waals surface area contributed by atoms with Crippen molar-refractivity contribution in [1.82, 2.24) is 9.80 Å². The summed E-state index contributed by atoms with van der Waals surface area (Å²) in [5.41, 5.74) is 2.77. The molecule has 2 aromatic rings.